The van der Waals surface area contributed by atoms with Crippen molar-refractivity contribution < 1.29 is 23.9 Å². The molecule has 35 heavy (non-hydrogen) atoms. The molecule has 1 spiro atoms. The highest BCUT2D eigenvalue weighted by molar-refractivity contribution is 6.12. The van der Waals surface area contributed by atoms with Crippen LogP contribution in [0.3, 0.4) is 0 Å². The Labute approximate surface area is 202 Å². The van der Waals surface area contributed by atoms with E-state index in [4.69, 9.17) is 4.74 Å². The molecule has 8 heteroatoms. The summed E-state index contributed by atoms with van der Waals surface area (Å²) in [6.45, 7) is 1.49. The molecule has 0 radical (unpaired) electrons. The highest BCUT2D eigenvalue weighted by atomic mass is 16.5. The number of imide groups is 1. The molecule has 180 valence electrons. The third kappa shape index (κ3) is 3.99. The fourth-order valence-electron chi connectivity index (χ4n) is 5.19. The molecule has 3 amide bonds. The number of hydrogen-bond acceptors (Lipinski definition) is 5. The Hall–Kier alpha value is -3.94. The van der Waals surface area contributed by atoms with E-state index in [1.165, 1.54) is 0 Å². The summed E-state index contributed by atoms with van der Waals surface area (Å²) in [5.41, 5.74) is 1.97. The lowest BCUT2D eigenvalue weighted by Gasteiger charge is -2.21. The van der Waals surface area contributed by atoms with E-state index in [0.717, 1.165) is 40.6 Å². The molecule has 1 atom stereocenters. The lowest BCUT2D eigenvalue weighted by atomic mass is 9.98. The van der Waals surface area contributed by atoms with Gasteiger partial charge in [-0.2, -0.15) is 0 Å². The third-order valence-corrected chi connectivity index (χ3v) is 7.03. The number of esters is 1. The van der Waals surface area contributed by atoms with Crippen molar-refractivity contribution in [3.05, 3.63) is 71.4 Å². The average Bonchev–Trinajstić information content (AvgIpc) is 3.58. The Morgan fingerprint density at radius 2 is 1.80 bits per heavy atom. The topological polar surface area (TPSA) is 109 Å². The van der Waals surface area contributed by atoms with Gasteiger partial charge in [-0.15, -0.1) is 0 Å². The number of carbonyl (C=O) groups is 4. The van der Waals surface area contributed by atoms with Crippen molar-refractivity contribution in [3.63, 3.8) is 0 Å². The number of ether oxygens (including phenoxy) is 1. The third-order valence-electron chi connectivity index (χ3n) is 7.03. The maximum Gasteiger partial charge on any atom is 0.327 e. The van der Waals surface area contributed by atoms with E-state index >= 15 is 0 Å². The van der Waals surface area contributed by atoms with E-state index in [-0.39, 0.29) is 5.78 Å². The van der Waals surface area contributed by atoms with Gasteiger partial charge in [0.15, 0.2) is 6.10 Å². The van der Waals surface area contributed by atoms with Gasteiger partial charge in [-0.1, -0.05) is 68.3 Å². The Morgan fingerprint density at radius 1 is 1.06 bits per heavy atom. The number of H-pyrrole nitrogens is 1. The van der Waals surface area contributed by atoms with Crippen LogP contribution in [0.4, 0.5) is 4.79 Å². The zero-order chi connectivity index (χ0) is 24.6. The summed E-state index contributed by atoms with van der Waals surface area (Å²) in [6, 6.07) is 13.9. The number of urea groups is 1. The molecule has 2 aliphatic rings. The highest BCUT2D eigenvalue weighted by Gasteiger charge is 2.53. The SMILES string of the molecule is CCc1cccc2c(C(=O)[C@@H](OC(=O)CN3C(=O)NC4(CCCC4)C3=O)c3ccccc3)c[nH]c12. The summed E-state index contributed by atoms with van der Waals surface area (Å²) in [7, 11) is 0. The van der Waals surface area contributed by atoms with Gasteiger partial charge >= 0.3 is 12.0 Å². The van der Waals surface area contributed by atoms with E-state index < -0.39 is 36.1 Å². The number of benzene rings is 2. The standard InChI is InChI=1S/C27H27N3O5/c1-2-17-11-8-12-19-20(15-28-22(17)19)23(32)24(18-9-4-3-5-10-18)35-21(31)16-30-25(33)27(29-26(30)34)13-6-7-14-27/h3-5,8-12,15,24,28H,2,6-7,13-14,16H2,1H3,(H,29,34)/t24-/m0/s1. The molecule has 3 aromatic rings. The predicted octanol–water partition coefficient (Wildman–Crippen LogP) is 4.06. The Balaban J connectivity index is 1.41. The van der Waals surface area contributed by atoms with Gasteiger partial charge in [-0.25, -0.2) is 4.79 Å². The first-order valence-corrected chi connectivity index (χ1v) is 12.0. The van der Waals surface area contributed by atoms with Crippen LogP contribution in [0.1, 0.15) is 60.2 Å². The Bertz CT molecular complexity index is 1310. The molecule has 0 bridgehead atoms. The average molecular weight is 474 g/mol. The number of nitrogens with one attached hydrogen (secondary N) is 2. The number of aromatic amines is 1. The van der Waals surface area contributed by atoms with Crippen LogP contribution in [0, 0.1) is 0 Å². The number of amides is 3. The largest absolute Gasteiger partial charge is 0.448 e. The number of fused-ring (bicyclic) bond motifs is 1. The minimum atomic E-state index is -1.21. The molecule has 1 aliphatic heterocycles. The lowest BCUT2D eigenvalue weighted by molar-refractivity contribution is -0.150. The number of rotatable bonds is 7. The van der Waals surface area contributed by atoms with Crippen LogP contribution < -0.4 is 5.32 Å². The molecular weight excluding hydrogens is 446 g/mol. The zero-order valence-electron chi connectivity index (χ0n) is 19.5. The summed E-state index contributed by atoms with van der Waals surface area (Å²) in [5.74, 6) is -1.60. The van der Waals surface area contributed by atoms with Crippen LogP contribution in [0.5, 0.6) is 0 Å². The smallest absolute Gasteiger partial charge is 0.327 e. The molecule has 1 saturated carbocycles. The summed E-state index contributed by atoms with van der Waals surface area (Å²) < 4.78 is 5.66. The highest BCUT2D eigenvalue weighted by Crippen LogP contribution is 2.35. The van der Waals surface area contributed by atoms with Crippen LogP contribution in [-0.4, -0.2) is 45.7 Å². The summed E-state index contributed by atoms with van der Waals surface area (Å²) in [6.07, 6.45) is 4.05. The van der Waals surface area contributed by atoms with Crippen LogP contribution in [-0.2, 0) is 20.7 Å². The van der Waals surface area contributed by atoms with Gasteiger partial charge in [-0.3, -0.25) is 19.3 Å². The van der Waals surface area contributed by atoms with Crippen molar-refractivity contribution in [3.8, 4) is 0 Å². The van der Waals surface area contributed by atoms with Gasteiger partial charge in [0.25, 0.3) is 5.91 Å². The fraction of sp³-hybridized carbons (Fsp3) is 0.333. The van der Waals surface area contributed by atoms with E-state index in [9.17, 15) is 19.2 Å². The van der Waals surface area contributed by atoms with Gasteiger partial charge in [0.1, 0.15) is 12.1 Å². The maximum absolute atomic E-state index is 13.7. The molecule has 0 unspecified atom stereocenters. The Morgan fingerprint density at radius 3 is 2.51 bits per heavy atom. The quantitative estimate of drug-likeness (QED) is 0.306. The van der Waals surface area contributed by atoms with Gasteiger partial charge in [-0.05, 0) is 24.8 Å². The second kappa shape index (κ2) is 9.02. The number of aromatic nitrogens is 1. The summed E-state index contributed by atoms with van der Waals surface area (Å²) >= 11 is 0. The number of nitrogens with zero attached hydrogens (tertiary/aromatic N) is 1. The second-order valence-corrected chi connectivity index (χ2v) is 9.15. The lowest BCUT2D eigenvalue weighted by Crippen LogP contribution is -2.44. The number of hydrogen-bond donors (Lipinski definition) is 2. The van der Waals surface area contributed by atoms with Crippen LogP contribution in [0.25, 0.3) is 10.9 Å². The van der Waals surface area contributed by atoms with E-state index in [1.807, 2.05) is 25.1 Å². The van der Waals surface area contributed by atoms with Crippen LogP contribution in [0.2, 0.25) is 0 Å². The van der Waals surface area contributed by atoms with Crippen LogP contribution >= 0.6 is 0 Å². The Kier molecular flexibility index (Phi) is 5.88. The van der Waals surface area contributed by atoms with Gasteiger partial charge in [0.2, 0.25) is 5.78 Å². The van der Waals surface area contributed by atoms with Gasteiger partial charge < -0.3 is 15.0 Å². The van der Waals surface area contributed by atoms with Crippen molar-refractivity contribution in [2.24, 2.45) is 0 Å². The number of para-hydroxylation sites is 1. The first-order valence-electron chi connectivity index (χ1n) is 12.0. The minimum Gasteiger partial charge on any atom is -0.448 e. The molecule has 5 rings (SSSR count). The van der Waals surface area contributed by atoms with Crippen molar-refractivity contribution in [2.75, 3.05) is 6.54 Å². The first kappa shape index (κ1) is 22.8. The maximum atomic E-state index is 13.7. The molecule has 2 aromatic carbocycles. The van der Waals surface area contributed by atoms with E-state index in [2.05, 4.69) is 10.3 Å². The monoisotopic (exact) mass is 473 g/mol. The zero-order valence-corrected chi connectivity index (χ0v) is 19.5. The second-order valence-electron chi connectivity index (χ2n) is 9.15. The first-order chi connectivity index (χ1) is 16.9. The molecule has 1 aliphatic carbocycles. The van der Waals surface area contributed by atoms with E-state index in [1.54, 1.807) is 36.5 Å². The normalized spacial score (nSPS) is 17.7. The van der Waals surface area contributed by atoms with Crippen molar-refractivity contribution >= 4 is 34.6 Å². The molecule has 2 N–H and O–H groups in total. The van der Waals surface area contributed by atoms with Crippen molar-refractivity contribution in [1.29, 1.82) is 0 Å². The predicted molar refractivity (Wildman–Crippen MR) is 129 cm³/mol. The van der Waals surface area contributed by atoms with Crippen molar-refractivity contribution in [2.45, 2.75) is 50.7 Å². The molecule has 8 nitrogen and oxygen atoms in total. The van der Waals surface area contributed by atoms with Gasteiger partial charge in [0, 0.05) is 28.2 Å². The van der Waals surface area contributed by atoms with Crippen molar-refractivity contribution in [1.82, 2.24) is 15.2 Å². The molecule has 2 fully saturated rings. The number of ketones is 1. The fourth-order valence-corrected chi connectivity index (χ4v) is 5.19. The number of aryl methyl sites for hydroxylation is 1. The number of carbonyl (C=O) groups excluding carboxylic acids is 4. The molecule has 1 aromatic heterocycles. The molecule has 2 heterocycles. The minimum absolute atomic E-state index is 0.381. The van der Waals surface area contributed by atoms with Crippen LogP contribution in [0.15, 0.2) is 54.7 Å². The summed E-state index contributed by atoms with van der Waals surface area (Å²) in [5, 5.41) is 3.51. The summed E-state index contributed by atoms with van der Waals surface area (Å²) in [4.78, 5) is 56.1. The molecule has 1 saturated heterocycles. The van der Waals surface area contributed by atoms with Gasteiger partial charge in [0.05, 0.1) is 0 Å². The molecular formula is C27H27N3O5. The van der Waals surface area contributed by atoms with E-state index in [0.29, 0.717) is 24.0 Å². The number of Topliss-reactive ketones (excluding diaryl/α,β-unsaturated/α-hetero) is 1.